The number of hydrogen-bond acceptors (Lipinski definition) is 5. The molecule has 1 aromatic heterocycles. The van der Waals surface area contributed by atoms with Crippen molar-refractivity contribution in [2.24, 2.45) is 11.7 Å². The number of aryl methyl sites for hydroxylation is 1. The van der Waals surface area contributed by atoms with Crippen LogP contribution in [0.4, 0.5) is 5.95 Å². The lowest BCUT2D eigenvalue weighted by Crippen LogP contribution is -2.48. The minimum atomic E-state index is 0.576. The van der Waals surface area contributed by atoms with E-state index in [0.29, 0.717) is 5.92 Å². The third-order valence-corrected chi connectivity index (χ3v) is 3.39. The van der Waals surface area contributed by atoms with Gasteiger partial charge in [-0.3, -0.25) is 4.90 Å². The molecule has 0 saturated carbocycles. The normalized spacial score (nSPS) is 18.9. The van der Waals surface area contributed by atoms with Gasteiger partial charge in [-0.05, 0) is 24.9 Å². The maximum atomic E-state index is 5.66. The average Bonchev–Trinajstić information content (AvgIpc) is 2.40. The molecule has 0 bridgehead atoms. The molecule has 0 aliphatic carbocycles. The van der Waals surface area contributed by atoms with Crippen molar-refractivity contribution in [3.63, 3.8) is 0 Å². The standard InChI is InChI=1S/C13H23N5/c1-11(7-14)10-17-3-5-18(6-4-17)13-15-8-12(2)9-16-13/h8-9,11H,3-7,10,14H2,1-2H3. The number of nitrogens with zero attached hydrogens (tertiary/aromatic N) is 4. The maximum absolute atomic E-state index is 5.66. The number of nitrogens with two attached hydrogens (primary N) is 1. The molecule has 0 aromatic carbocycles. The summed E-state index contributed by atoms with van der Waals surface area (Å²) in [6.45, 7) is 10.2. The number of hydrogen-bond donors (Lipinski definition) is 1. The van der Waals surface area contributed by atoms with E-state index in [-0.39, 0.29) is 0 Å². The summed E-state index contributed by atoms with van der Waals surface area (Å²) in [5, 5.41) is 0. The predicted molar refractivity (Wildman–Crippen MR) is 73.6 cm³/mol. The third kappa shape index (κ3) is 3.40. The highest BCUT2D eigenvalue weighted by molar-refractivity contribution is 5.30. The van der Waals surface area contributed by atoms with E-state index in [0.717, 1.165) is 50.8 Å². The van der Waals surface area contributed by atoms with Crippen molar-refractivity contribution >= 4 is 5.95 Å². The largest absolute Gasteiger partial charge is 0.338 e. The predicted octanol–water partition coefficient (Wildman–Crippen LogP) is 0.502. The zero-order chi connectivity index (χ0) is 13.0. The van der Waals surface area contributed by atoms with Gasteiger partial charge in [0.1, 0.15) is 0 Å². The van der Waals surface area contributed by atoms with Crippen LogP contribution in [0.3, 0.4) is 0 Å². The molecular formula is C13H23N5. The molecule has 18 heavy (non-hydrogen) atoms. The number of aromatic nitrogens is 2. The summed E-state index contributed by atoms with van der Waals surface area (Å²) in [5.74, 6) is 1.43. The first kappa shape index (κ1) is 13.2. The van der Waals surface area contributed by atoms with Gasteiger partial charge in [-0.15, -0.1) is 0 Å². The van der Waals surface area contributed by atoms with Gasteiger partial charge < -0.3 is 10.6 Å². The fourth-order valence-corrected chi connectivity index (χ4v) is 2.19. The second-order valence-corrected chi connectivity index (χ2v) is 5.19. The quantitative estimate of drug-likeness (QED) is 0.842. The van der Waals surface area contributed by atoms with E-state index in [1.807, 2.05) is 19.3 Å². The zero-order valence-electron chi connectivity index (χ0n) is 11.3. The number of rotatable bonds is 4. The topological polar surface area (TPSA) is 58.3 Å². The van der Waals surface area contributed by atoms with Crippen molar-refractivity contribution in [2.45, 2.75) is 13.8 Å². The number of piperazine rings is 1. The van der Waals surface area contributed by atoms with Gasteiger partial charge in [0, 0.05) is 45.1 Å². The first-order valence-electron chi connectivity index (χ1n) is 6.65. The minimum Gasteiger partial charge on any atom is -0.338 e. The molecule has 1 saturated heterocycles. The molecular weight excluding hydrogens is 226 g/mol. The summed E-state index contributed by atoms with van der Waals surface area (Å²) >= 11 is 0. The van der Waals surface area contributed by atoms with Gasteiger partial charge in [-0.2, -0.15) is 0 Å². The molecule has 0 spiro atoms. The fraction of sp³-hybridized carbons (Fsp3) is 0.692. The van der Waals surface area contributed by atoms with E-state index >= 15 is 0 Å². The Hall–Kier alpha value is -1.20. The molecule has 100 valence electrons. The van der Waals surface area contributed by atoms with Crippen molar-refractivity contribution in [3.05, 3.63) is 18.0 Å². The van der Waals surface area contributed by atoms with Gasteiger partial charge in [-0.1, -0.05) is 6.92 Å². The summed E-state index contributed by atoms with van der Waals surface area (Å²) < 4.78 is 0. The third-order valence-electron chi connectivity index (χ3n) is 3.39. The van der Waals surface area contributed by atoms with Gasteiger partial charge in [0.15, 0.2) is 0 Å². The van der Waals surface area contributed by atoms with Crippen LogP contribution in [0, 0.1) is 12.8 Å². The molecule has 0 radical (unpaired) electrons. The van der Waals surface area contributed by atoms with E-state index in [9.17, 15) is 0 Å². The fourth-order valence-electron chi connectivity index (χ4n) is 2.19. The molecule has 1 aromatic rings. The second kappa shape index (κ2) is 6.11. The average molecular weight is 249 g/mol. The molecule has 2 rings (SSSR count). The van der Waals surface area contributed by atoms with Gasteiger partial charge in [0.2, 0.25) is 5.95 Å². The zero-order valence-corrected chi connectivity index (χ0v) is 11.3. The lowest BCUT2D eigenvalue weighted by molar-refractivity contribution is 0.226. The summed E-state index contributed by atoms with van der Waals surface area (Å²) in [6, 6.07) is 0. The Morgan fingerprint density at radius 3 is 2.39 bits per heavy atom. The lowest BCUT2D eigenvalue weighted by Gasteiger charge is -2.35. The molecule has 5 heteroatoms. The van der Waals surface area contributed by atoms with Crippen LogP contribution in [-0.4, -0.2) is 54.1 Å². The maximum Gasteiger partial charge on any atom is 0.225 e. The van der Waals surface area contributed by atoms with Crippen LogP contribution in [0.25, 0.3) is 0 Å². The molecule has 1 aliphatic rings. The highest BCUT2D eigenvalue weighted by Crippen LogP contribution is 2.11. The molecule has 1 fully saturated rings. The van der Waals surface area contributed by atoms with Crippen LogP contribution in [0.2, 0.25) is 0 Å². The Labute approximate surface area is 109 Å². The van der Waals surface area contributed by atoms with Gasteiger partial charge in [0.05, 0.1) is 0 Å². The Morgan fingerprint density at radius 1 is 1.22 bits per heavy atom. The van der Waals surface area contributed by atoms with Crippen LogP contribution in [0.5, 0.6) is 0 Å². The van der Waals surface area contributed by atoms with Gasteiger partial charge >= 0.3 is 0 Å². The Balaban J connectivity index is 1.84. The summed E-state index contributed by atoms with van der Waals surface area (Å²) in [6.07, 6.45) is 3.76. The van der Waals surface area contributed by atoms with Crippen molar-refractivity contribution in [3.8, 4) is 0 Å². The highest BCUT2D eigenvalue weighted by atomic mass is 15.3. The molecule has 5 nitrogen and oxygen atoms in total. The van der Waals surface area contributed by atoms with Crippen molar-refractivity contribution in [1.82, 2.24) is 14.9 Å². The Bertz CT molecular complexity index is 356. The SMILES string of the molecule is Cc1cnc(N2CCN(CC(C)CN)CC2)nc1. The lowest BCUT2D eigenvalue weighted by atomic mass is 10.1. The van der Waals surface area contributed by atoms with Crippen LogP contribution < -0.4 is 10.6 Å². The van der Waals surface area contributed by atoms with E-state index in [1.54, 1.807) is 0 Å². The first-order valence-corrected chi connectivity index (χ1v) is 6.65. The smallest absolute Gasteiger partial charge is 0.225 e. The second-order valence-electron chi connectivity index (χ2n) is 5.19. The van der Waals surface area contributed by atoms with Crippen LogP contribution >= 0.6 is 0 Å². The molecule has 1 atom stereocenters. The van der Waals surface area contributed by atoms with Gasteiger partial charge in [-0.25, -0.2) is 9.97 Å². The number of anilines is 1. The Morgan fingerprint density at radius 2 is 1.83 bits per heavy atom. The monoisotopic (exact) mass is 249 g/mol. The molecule has 0 amide bonds. The summed E-state index contributed by atoms with van der Waals surface area (Å²) in [5.41, 5.74) is 6.77. The van der Waals surface area contributed by atoms with Gasteiger partial charge in [0.25, 0.3) is 0 Å². The summed E-state index contributed by atoms with van der Waals surface area (Å²) in [7, 11) is 0. The van der Waals surface area contributed by atoms with E-state index in [2.05, 4.69) is 26.7 Å². The van der Waals surface area contributed by atoms with Crippen LogP contribution in [0.15, 0.2) is 12.4 Å². The van der Waals surface area contributed by atoms with E-state index < -0.39 is 0 Å². The van der Waals surface area contributed by atoms with Crippen LogP contribution in [-0.2, 0) is 0 Å². The van der Waals surface area contributed by atoms with Crippen molar-refractivity contribution < 1.29 is 0 Å². The molecule has 2 heterocycles. The molecule has 2 N–H and O–H groups in total. The van der Waals surface area contributed by atoms with E-state index in [1.165, 1.54) is 0 Å². The first-order chi connectivity index (χ1) is 8.69. The molecule has 1 aliphatic heterocycles. The van der Waals surface area contributed by atoms with Crippen LogP contribution in [0.1, 0.15) is 12.5 Å². The van der Waals surface area contributed by atoms with Crippen molar-refractivity contribution in [1.29, 1.82) is 0 Å². The molecule has 1 unspecified atom stereocenters. The highest BCUT2D eigenvalue weighted by Gasteiger charge is 2.19. The van der Waals surface area contributed by atoms with E-state index in [4.69, 9.17) is 5.73 Å². The summed E-state index contributed by atoms with van der Waals surface area (Å²) in [4.78, 5) is 13.5. The van der Waals surface area contributed by atoms with Crippen molar-refractivity contribution in [2.75, 3.05) is 44.2 Å². The minimum absolute atomic E-state index is 0.576. The Kier molecular flexibility index (Phi) is 4.49.